The van der Waals surface area contributed by atoms with Crippen LogP contribution in [-0.4, -0.2) is 19.3 Å². The van der Waals surface area contributed by atoms with Crippen LogP contribution >= 0.6 is 0 Å². The van der Waals surface area contributed by atoms with E-state index in [9.17, 15) is 2.74 Å². The summed E-state index contributed by atoms with van der Waals surface area (Å²) in [5, 5.41) is 7.45. The van der Waals surface area contributed by atoms with Crippen molar-refractivity contribution in [2.75, 3.05) is 0 Å². The summed E-state index contributed by atoms with van der Waals surface area (Å²) in [6.45, 7) is 19.8. The summed E-state index contributed by atoms with van der Waals surface area (Å²) in [4.78, 5) is 4.94. The lowest BCUT2D eigenvalue weighted by Crippen LogP contribution is -2.33. The highest BCUT2D eigenvalue weighted by atomic mass is 16.5. The Kier molecular flexibility index (Phi) is 10.4. The summed E-state index contributed by atoms with van der Waals surface area (Å²) >= 11 is 0. The number of aromatic nitrogens is 5. The Labute approximate surface area is 436 Å². The third-order valence-corrected chi connectivity index (χ3v) is 13.6. The van der Waals surface area contributed by atoms with Gasteiger partial charge in [0.15, 0.2) is 0 Å². The second-order valence-electron chi connectivity index (χ2n) is 21.9. The molecule has 0 unspecified atom stereocenters. The van der Waals surface area contributed by atoms with Crippen LogP contribution in [0.15, 0.2) is 206 Å². The Balaban J connectivity index is 1.08. The smallest absolute Gasteiger partial charge is 0.231 e. The Morgan fingerprint density at radius 3 is 1.82 bits per heavy atom. The number of ether oxygens (including phenoxy) is 1. The zero-order valence-corrected chi connectivity index (χ0v) is 42.9. The van der Waals surface area contributed by atoms with Gasteiger partial charge in [0, 0.05) is 34.3 Å². The molecule has 0 aliphatic carbocycles. The van der Waals surface area contributed by atoms with E-state index in [2.05, 4.69) is 158 Å². The maximum atomic E-state index is 9.28. The maximum absolute atomic E-state index is 9.28. The van der Waals surface area contributed by atoms with E-state index in [0.29, 0.717) is 34.3 Å². The second-order valence-corrected chi connectivity index (χ2v) is 21.9. The lowest BCUT2D eigenvalue weighted by atomic mass is 9.78. The van der Waals surface area contributed by atoms with Crippen LogP contribution in [-0.2, 0) is 16.2 Å². The van der Waals surface area contributed by atoms with E-state index in [0.717, 1.165) is 66.6 Å². The minimum Gasteiger partial charge on any atom is -0.458 e. The molecular weight excluding hydrogens is 891 g/mol. The van der Waals surface area contributed by atoms with Gasteiger partial charge in [0.25, 0.3) is 0 Å². The van der Waals surface area contributed by atoms with Crippen LogP contribution in [0.25, 0.3) is 83.8 Å². The highest BCUT2D eigenvalue weighted by molar-refractivity contribution is 6.10. The number of rotatable bonds is 9. The summed E-state index contributed by atoms with van der Waals surface area (Å²) in [5.41, 5.74) is 11.4. The van der Waals surface area contributed by atoms with Crippen molar-refractivity contribution in [3.05, 3.63) is 229 Å². The number of benzene rings is 8. The van der Waals surface area contributed by atoms with Crippen LogP contribution in [0.1, 0.15) is 85.9 Å². The molecule has 0 radical (unpaired) electrons. The first-order valence-electron chi connectivity index (χ1n) is 27.4. The lowest BCUT2D eigenvalue weighted by molar-refractivity contribution is -0.587. The predicted octanol–water partition coefficient (Wildman–Crippen LogP) is 16.8. The van der Waals surface area contributed by atoms with Gasteiger partial charge < -0.3 is 9.30 Å². The Bertz CT molecular complexity index is 4060. The average molecular weight is 957 g/mol. The monoisotopic (exact) mass is 957 g/mol. The molecule has 0 aliphatic rings. The molecule has 0 N–H and O–H groups in total. The van der Waals surface area contributed by atoms with E-state index in [1.54, 1.807) is 4.68 Å². The highest BCUT2D eigenvalue weighted by Crippen LogP contribution is 2.41. The molecule has 0 aliphatic heterocycles. The summed E-state index contributed by atoms with van der Waals surface area (Å²) in [5.74, 6) is 2.54. The third-order valence-electron chi connectivity index (χ3n) is 13.6. The SMILES string of the molecule is [2H]c1c([2H])c([2H])c(-c2cccc(-c3cc(C(C)(C)C)cc(C(C)(C)C)c3)c2-[n+]2[c-]n(-c3cccc(Oc4ccc5c6cc(-c7ccccc7)ccc6n(-c6cc(C(C)(C)C)ccn6)c5c4)c3)nc2-c2ccccc2)c([2H])c1[2H]. The molecule has 0 saturated heterocycles. The minimum atomic E-state index is -0.458. The normalized spacial score (nSPS) is 13.1. The van der Waals surface area contributed by atoms with Crippen molar-refractivity contribution in [1.82, 2.24) is 19.3 Å². The Morgan fingerprint density at radius 1 is 0.493 bits per heavy atom. The first-order chi connectivity index (χ1) is 37.1. The van der Waals surface area contributed by atoms with Gasteiger partial charge in [0.2, 0.25) is 12.2 Å². The maximum Gasteiger partial charge on any atom is 0.231 e. The molecule has 0 bridgehead atoms. The van der Waals surface area contributed by atoms with Crippen LogP contribution in [0.4, 0.5) is 0 Å². The summed E-state index contributed by atoms with van der Waals surface area (Å²) in [6, 6.07) is 55.5. The number of nitrogens with zero attached hydrogens (tertiary/aromatic N) is 5. The van der Waals surface area contributed by atoms with Gasteiger partial charge in [-0.15, -0.1) is 0 Å². The van der Waals surface area contributed by atoms with Gasteiger partial charge in [-0.2, -0.15) is 4.68 Å². The molecule has 11 rings (SSSR count). The van der Waals surface area contributed by atoms with Gasteiger partial charge in [0.05, 0.1) is 23.6 Å². The Hall–Kier alpha value is -8.35. The zero-order valence-electron chi connectivity index (χ0n) is 47.9. The molecule has 8 aromatic carbocycles. The molecule has 0 saturated carbocycles. The minimum absolute atomic E-state index is 0.0780. The Morgan fingerprint density at radius 2 is 1.14 bits per heavy atom. The fraction of sp³-hybridized carbons (Fsp3) is 0.179. The van der Waals surface area contributed by atoms with Gasteiger partial charge in [-0.1, -0.05) is 208 Å². The first-order valence-corrected chi connectivity index (χ1v) is 24.9. The molecule has 3 heterocycles. The summed E-state index contributed by atoms with van der Waals surface area (Å²) in [6.07, 6.45) is 5.48. The standard InChI is InChI=1S/C67H61N5O/c1-65(2,3)50-35-36-68-62(41-50)72-60-34-31-48(45-21-13-10-14-22-45)39-59(60)58-33-32-55(43-61(58)72)73-54-28-19-27-53(42-54)71-44-70(64(69-71)47-25-17-12-18-26-47)63-56(46-23-15-11-16-24-46)29-20-30-57(63)49-37-51(66(4,5)6)40-52(38-49)67(7,8)9/h10-43H,1-9H3/i11D,15D,16D,23D,24D. The van der Waals surface area contributed by atoms with Crippen LogP contribution < -0.4 is 9.30 Å². The van der Waals surface area contributed by atoms with E-state index in [-0.39, 0.29) is 33.9 Å². The van der Waals surface area contributed by atoms with Crippen molar-refractivity contribution in [3.63, 3.8) is 0 Å². The number of pyridine rings is 1. The summed E-state index contributed by atoms with van der Waals surface area (Å²) in [7, 11) is 0. The molecule has 0 fully saturated rings. The fourth-order valence-electron chi connectivity index (χ4n) is 9.55. The van der Waals surface area contributed by atoms with Crippen molar-refractivity contribution in [2.24, 2.45) is 0 Å². The second kappa shape index (κ2) is 18.4. The molecule has 0 atom stereocenters. The first kappa shape index (κ1) is 41.3. The lowest BCUT2D eigenvalue weighted by Gasteiger charge is -2.27. The topological polar surface area (TPSA) is 48.8 Å². The van der Waals surface area contributed by atoms with Crippen molar-refractivity contribution < 1.29 is 16.2 Å². The van der Waals surface area contributed by atoms with Crippen LogP contribution in [0.3, 0.4) is 0 Å². The quantitative estimate of drug-likeness (QED) is 0.107. The van der Waals surface area contributed by atoms with Gasteiger partial charge in [-0.05, 0) is 120 Å². The van der Waals surface area contributed by atoms with E-state index in [1.165, 1.54) is 5.56 Å². The van der Waals surface area contributed by atoms with Crippen LogP contribution in [0.2, 0.25) is 0 Å². The van der Waals surface area contributed by atoms with E-state index in [1.807, 2.05) is 95.7 Å². The number of para-hydroxylation sites is 1. The van der Waals surface area contributed by atoms with E-state index in [4.69, 9.17) is 18.9 Å². The molecule has 360 valence electrons. The van der Waals surface area contributed by atoms with Crippen molar-refractivity contribution in [1.29, 1.82) is 0 Å². The van der Waals surface area contributed by atoms with Crippen LogP contribution in [0, 0.1) is 6.33 Å². The van der Waals surface area contributed by atoms with Gasteiger partial charge in [0.1, 0.15) is 17.3 Å². The molecule has 6 nitrogen and oxygen atoms in total. The molecule has 11 aromatic rings. The predicted molar refractivity (Wildman–Crippen MR) is 300 cm³/mol. The molecule has 0 spiro atoms. The summed E-state index contributed by atoms with van der Waals surface area (Å²) < 4.78 is 57.3. The van der Waals surface area contributed by atoms with Crippen molar-refractivity contribution in [3.8, 4) is 73.5 Å². The van der Waals surface area contributed by atoms with Gasteiger partial charge in [-0.25, -0.2) is 4.98 Å². The molecular formula is C67H61N5O. The number of hydrogen-bond acceptors (Lipinski definition) is 3. The van der Waals surface area contributed by atoms with Gasteiger partial charge in [-0.3, -0.25) is 4.57 Å². The van der Waals surface area contributed by atoms with Crippen LogP contribution in [0.5, 0.6) is 11.5 Å². The molecule has 6 heteroatoms. The average Bonchev–Trinajstić information content (AvgIpc) is 4.21. The van der Waals surface area contributed by atoms with Crippen molar-refractivity contribution in [2.45, 2.75) is 78.6 Å². The zero-order chi connectivity index (χ0) is 55.0. The van der Waals surface area contributed by atoms with Crippen molar-refractivity contribution >= 4 is 21.8 Å². The number of hydrogen-bond donors (Lipinski definition) is 0. The van der Waals surface area contributed by atoms with E-state index < -0.39 is 18.1 Å². The molecule has 3 aromatic heterocycles. The largest absolute Gasteiger partial charge is 0.458 e. The van der Waals surface area contributed by atoms with Gasteiger partial charge >= 0.3 is 0 Å². The molecule has 0 amide bonds. The number of fused-ring (bicyclic) bond motifs is 3. The molecule has 73 heavy (non-hydrogen) atoms. The van der Waals surface area contributed by atoms with E-state index >= 15 is 0 Å². The third kappa shape index (κ3) is 9.26. The highest BCUT2D eigenvalue weighted by Gasteiger charge is 2.26. The fourth-order valence-corrected chi connectivity index (χ4v) is 9.55.